The molecule has 0 amide bonds. The first-order valence-electron chi connectivity index (χ1n) is 5.08. The molecule has 80 valence electrons. The van der Waals surface area contributed by atoms with Crippen molar-refractivity contribution < 1.29 is 8.78 Å². The Balaban J connectivity index is 2.36. The third kappa shape index (κ3) is 3.26. The van der Waals surface area contributed by atoms with Gasteiger partial charge in [0.1, 0.15) is 0 Å². The molecule has 14 heavy (non-hydrogen) atoms. The van der Waals surface area contributed by atoms with Crippen molar-refractivity contribution in [2.24, 2.45) is 11.7 Å². The van der Waals surface area contributed by atoms with Crippen molar-refractivity contribution in [1.29, 1.82) is 0 Å². The molecule has 1 fully saturated rings. The van der Waals surface area contributed by atoms with Crippen LogP contribution in [0.4, 0.5) is 8.78 Å². The van der Waals surface area contributed by atoms with Gasteiger partial charge in [-0.2, -0.15) is 0 Å². The van der Waals surface area contributed by atoms with Crippen LogP contribution in [-0.2, 0) is 0 Å². The maximum absolute atomic E-state index is 12.8. The molecule has 2 N–H and O–H groups in total. The Kier molecular flexibility index (Phi) is 3.88. The summed E-state index contributed by atoms with van der Waals surface area (Å²) in [6.45, 7) is 1.77. The maximum atomic E-state index is 12.8. The summed E-state index contributed by atoms with van der Waals surface area (Å²) in [6, 6.07) is -0.0291. The first kappa shape index (κ1) is 11.5. The molecular weight excluding hydrogens is 184 g/mol. The normalized spacial score (nSPS) is 23.7. The maximum Gasteiger partial charge on any atom is 0.248 e. The lowest BCUT2D eigenvalue weighted by atomic mass is 9.81. The summed E-state index contributed by atoms with van der Waals surface area (Å²) in [5.41, 5.74) is 5.88. The average molecular weight is 201 g/mol. The van der Waals surface area contributed by atoms with Gasteiger partial charge in [0.2, 0.25) is 5.92 Å². The first-order valence-corrected chi connectivity index (χ1v) is 5.08. The van der Waals surface area contributed by atoms with E-state index >= 15 is 0 Å². The van der Waals surface area contributed by atoms with Gasteiger partial charge >= 0.3 is 0 Å². The number of nitrogens with two attached hydrogens (primary N) is 1. The molecule has 0 aromatic rings. The number of rotatable bonds is 2. The zero-order chi connectivity index (χ0) is 10.6. The number of halogens is 2. The molecule has 1 aliphatic carbocycles. The molecule has 1 atom stereocenters. The van der Waals surface area contributed by atoms with Crippen molar-refractivity contribution in [1.82, 2.24) is 0 Å². The molecule has 0 bridgehead atoms. The van der Waals surface area contributed by atoms with Crippen LogP contribution in [0.5, 0.6) is 0 Å². The van der Waals surface area contributed by atoms with Crippen molar-refractivity contribution >= 4 is 0 Å². The van der Waals surface area contributed by atoms with Crippen LogP contribution >= 0.6 is 0 Å². The SMILES string of the molecule is CC#CCC(N)C1CCC(F)(F)CC1. The number of hydrogen-bond acceptors (Lipinski definition) is 1. The molecule has 1 rings (SSSR count). The largest absolute Gasteiger partial charge is 0.327 e. The Labute approximate surface area is 84.1 Å². The third-order valence-electron chi connectivity index (χ3n) is 2.88. The minimum absolute atomic E-state index is 0.00901. The molecule has 1 aliphatic rings. The van der Waals surface area contributed by atoms with Crippen molar-refractivity contribution in [2.45, 2.75) is 51.0 Å². The molecule has 0 aromatic heterocycles. The van der Waals surface area contributed by atoms with Crippen LogP contribution in [0.2, 0.25) is 0 Å². The quantitative estimate of drug-likeness (QED) is 0.683. The van der Waals surface area contributed by atoms with Gasteiger partial charge in [0.05, 0.1) is 0 Å². The van der Waals surface area contributed by atoms with Gasteiger partial charge in [-0.25, -0.2) is 8.78 Å². The summed E-state index contributed by atoms with van der Waals surface area (Å²) < 4.78 is 25.6. The van der Waals surface area contributed by atoms with Gasteiger partial charge in [-0.3, -0.25) is 0 Å². The van der Waals surface area contributed by atoms with Crippen LogP contribution in [0.25, 0.3) is 0 Å². The van der Waals surface area contributed by atoms with Crippen LogP contribution < -0.4 is 5.73 Å². The molecule has 3 heteroatoms. The third-order valence-corrected chi connectivity index (χ3v) is 2.88. The van der Waals surface area contributed by atoms with Gasteiger partial charge < -0.3 is 5.73 Å². The van der Waals surface area contributed by atoms with E-state index in [0.29, 0.717) is 19.3 Å². The van der Waals surface area contributed by atoms with Crippen LogP contribution in [-0.4, -0.2) is 12.0 Å². The first-order chi connectivity index (χ1) is 6.55. The fraction of sp³-hybridized carbons (Fsp3) is 0.818. The fourth-order valence-corrected chi connectivity index (χ4v) is 1.88. The molecule has 0 radical (unpaired) electrons. The van der Waals surface area contributed by atoms with E-state index in [1.165, 1.54) is 0 Å². The zero-order valence-corrected chi connectivity index (χ0v) is 8.52. The van der Waals surface area contributed by atoms with E-state index < -0.39 is 5.92 Å². The summed E-state index contributed by atoms with van der Waals surface area (Å²) in [7, 11) is 0. The van der Waals surface area contributed by atoms with E-state index in [1.54, 1.807) is 6.92 Å². The Morgan fingerprint density at radius 1 is 1.43 bits per heavy atom. The lowest BCUT2D eigenvalue weighted by molar-refractivity contribution is -0.0480. The highest BCUT2D eigenvalue weighted by Crippen LogP contribution is 2.37. The topological polar surface area (TPSA) is 26.0 Å². The van der Waals surface area contributed by atoms with E-state index in [-0.39, 0.29) is 24.8 Å². The van der Waals surface area contributed by atoms with Crippen molar-refractivity contribution in [3.8, 4) is 11.8 Å². The second-order valence-corrected chi connectivity index (χ2v) is 3.99. The molecule has 1 nitrogen and oxygen atoms in total. The average Bonchev–Trinajstić information content (AvgIpc) is 2.14. The van der Waals surface area contributed by atoms with Gasteiger partial charge in [0, 0.05) is 25.3 Å². The van der Waals surface area contributed by atoms with Gasteiger partial charge in [-0.15, -0.1) is 11.8 Å². The van der Waals surface area contributed by atoms with E-state index in [2.05, 4.69) is 11.8 Å². The van der Waals surface area contributed by atoms with Crippen molar-refractivity contribution in [2.75, 3.05) is 0 Å². The van der Waals surface area contributed by atoms with Gasteiger partial charge in [0.25, 0.3) is 0 Å². The minimum atomic E-state index is -2.45. The second-order valence-electron chi connectivity index (χ2n) is 3.99. The molecule has 0 aromatic carbocycles. The van der Waals surface area contributed by atoms with E-state index in [1.807, 2.05) is 0 Å². The molecule has 0 saturated heterocycles. The predicted octanol–water partition coefficient (Wildman–Crippen LogP) is 2.55. The number of alkyl halides is 2. The predicted molar refractivity (Wildman–Crippen MR) is 52.9 cm³/mol. The van der Waals surface area contributed by atoms with E-state index in [0.717, 1.165) is 0 Å². The fourth-order valence-electron chi connectivity index (χ4n) is 1.88. The molecule has 0 spiro atoms. The minimum Gasteiger partial charge on any atom is -0.327 e. The Morgan fingerprint density at radius 3 is 2.50 bits per heavy atom. The van der Waals surface area contributed by atoms with Crippen molar-refractivity contribution in [3.63, 3.8) is 0 Å². The van der Waals surface area contributed by atoms with E-state index in [4.69, 9.17) is 5.73 Å². The molecule has 0 aliphatic heterocycles. The standard InChI is InChI=1S/C11H17F2N/c1-2-3-4-10(14)9-5-7-11(12,13)8-6-9/h9-10H,4-8,14H2,1H3. The van der Waals surface area contributed by atoms with Crippen LogP contribution in [0, 0.1) is 17.8 Å². The van der Waals surface area contributed by atoms with Crippen LogP contribution in [0.1, 0.15) is 39.0 Å². The highest BCUT2D eigenvalue weighted by atomic mass is 19.3. The summed E-state index contributed by atoms with van der Waals surface area (Å²) in [4.78, 5) is 0. The van der Waals surface area contributed by atoms with Crippen LogP contribution in [0.15, 0.2) is 0 Å². The summed E-state index contributed by atoms with van der Waals surface area (Å²) in [6.07, 6.45) is 1.70. The Bertz CT molecular complexity index is 229. The Hall–Kier alpha value is -0.620. The summed E-state index contributed by atoms with van der Waals surface area (Å²) in [5.74, 6) is 3.46. The number of hydrogen-bond donors (Lipinski definition) is 1. The van der Waals surface area contributed by atoms with Gasteiger partial charge in [-0.1, -0.05) is 0 Å². The monoisotopic (exact) mass is 201 g/mol. The summed E-state index contributed by atoms with van der Waals surface area (Å²) in [5, 5.41) is 0. The molecule has 1 unspecified atom stereocenters. The summed E-state index contributed by atoms with van der Waals surface area (Å²) >= 11 is 0. The highest BCUT2D eigenvalue weighted by molar-refractivity contribution is 4.99. The smallest absolute Gasteiger partial charge is 0.248 e. The van der Waals surface area contributed by atoms with Gasteiger partial charge in [-0.05, 0) is 25.7 Å². The zero-order valence-electron chi connectivity index (χ0n) is 8.52. The molecular formula is C11H17F2N. The highest BCUT2D eigenvalue weighted by Gasteiger charge is 2.36. The molecule has 1 saturated carbocycles. The van der Waals surface area contributed by atoms with Gasteiger partial charge in [0.15, 0.2) is 0 Å². The lowest BCUT2D eigenvalue weighted by Crippen LogP contribution is -2.35. The van der Waals surface area contributed by atoms with Crippen molar-refractivity contribution in [3.05, 3.63) is 0 Å². The Morgan fingerprint density at radius 2 is 2.00 bits per heavy atom. The molecule has 0 heterocycles. The lowest BCUT2D eigenvalue weighted by Gasteiger charge is -2.31. The second kappa shape index (κ2) is 4.75. The van der Waals surface area contributed by atoms with E-state index in [9.17, 15) is 8.78 Å². The van der Waals surface area contributed by atoms with Crippen LogP contribution in [0.3, 0.4) is 0 Å².